The van der Waals surface area contributed by atoms with E-state index in [0.29, 0.717) is 0 Å². The van der Waals surface area contributed by atoms with E-state index in [1.165, 1.54) is 7.11 Å². The molecule has 0 aromatic heterocycles. The zero-order valence-corrected chi connectivity index (χ0v) is 8.84. The topological polar surface area (TPSA) is 43.4 Å². The Morgan fingerprint density at radius 2 is 2.08 bits per heavy atom. The van der Waals surface area contributed by atoms with E-state index in [9.17, 15) is 9.59 Å². The van der Waals surface area contributed by atoms with E-state index in [1.54, 1.807) is 13.8 Å². The Morgan fingerprint density at radius 1 is 1.58 bits per heavy atom. The number of Topliss-reactive ketones (excluding diaryl/α,β-unsaturated/α-hetero) is 1. The molecule has 0 unspecified atom stereocenters. The van der Waals surface area contributed by atoms with E-state index in [2.05, 4.69) is 20.7 Å². The molecular weight excluding hydrogens is 224 g/mol. The molecule has 0 saturated heterocycles. The fourth-order valence-corrected chi connectivity index (χ4v) is 2.94. The highest BCUT2D eigenvalue weighted by Crippen LogP contribution is 2.47. The number of rotatable bonds is 1. The Bertz CT molecular complexity index is 234. The molecule has 4 heteroatoms. The van der Waals surface area contributed by atoms with Crippen LogP contribution in [0.2, 0.25) is 0 Å². The maximum atomic E-state index is 11.3. The van der Waals surface area contributed by atoms with Gasteiger partial charge >= 0.3 is 5.97 Å². The summed E-state index contributed by atoms with van der Waals surface area (Å²) in [6.07, 6.45) is 0. The van der Waals surface area contributed by atoms with Gasteiger partial charge in [0.2, 0.25) is 0 Å². The van der Waals surface area contributed by atoms with Crippen molar-refractivity contribution in [3.05, 3.63) is 0 Å². The van der Waals surface area contributed by atoms with Crippen molar-refractivity contribution in [3.63, 3.8) is 0 Å². The van der Waals surface area contributed by atoms with Crippen LogP contribution >= 0.6 is 15.9 Å². The first kappa shape index (κ1) is 9.71. The highest BCUT2D eigenvalue weighted by atomic mass is 79.9. The lowest BCUT2D eigenvalue weighted by Crippen LogP contribution is -2.59. The second-order valence-corrected chi connectivity index (χ2v) is 4.48. The van der Waals surface area contributed by atoms with Crippen molar-refractivity contribution >= 4 is 27.7 Å². The molecule has 0 aliphatic heterocycles. The zero-order chi connectivity index (χ0) is 9.52. The van der Waals surface area contributed by atoms with Gasteiger partial charge in [-0.3, -0.25) is 9.59 Å². The van der Waals surface area contributed by atoms with Crippen LogP contribution in [0, 0.1) is 11.3 Å². The van der Waals surface area contributed by atoms with Crippen LogP contribution in [0.3, 0.4) is 0 Å². The van der Waals surface area contributed by atoms with Crippen molar-refractivity contribution in [2.24, 2.45) is 11.3 Å². The van der Waals surface area contributed by atoms with Crippen LogP contribution < -0.4 is 0 Å². The molecule has 2 atom stereocenters. The molecule has 0 radical (unpaired) electrons. The average molecular weight is 235 g/mol. The van der Waals surface area contributed by atoms with E-state index < -0.39 is 5.41 Å². The van der Waals surface area contributed by atoms with Crippen LogP contribution in [0.5, 0.6) is 0 Å². The molecule has 1 aliphatic carbocycles. The van der Waals surface area contributed by atoms with Gasteiger partial charge in [-0.15, -0.1) is 0 Å². The molecule has 1 aliphatic rings. The van der Waals surface area contributed by atoms with Crippen LogP contribution in [0.15, 0.2) is 0 Å². The summed E-state index contributed by atoms with van der Waals surface area (Å²) in [6.45, 7) is 3.52. The summed E-state index contributed by atoms with van der Waals surface area (Å²) in [5.74, 6) is -0.589. The fraction of sp³-hybridized carbons (Fsp3) is 0.750. The summed E-state index contributed by atoms with van der Waals surface area (Å²) in [5.41, 5.74) is -0.568. The van der Waals surface area contributed by atoms with Gasteiger partial charge in [0.05, 0.1) is 17.9 Å². The number of hydrogen-bond donors (Lipinski definition) is 0. The second kappa shape index (κ2) is 2.83. The summed E-state index contributed by atoms with van der Waals surface area (Å²) in [6, 6.07) is 0. The largest absolute Gasteiger partial charge is 0.469 e. The first-order valence-electron chi connectivity index (χ1n) is 3.69. The Morgan fingerprint density at radius 3 is 2.42 bits per heavy atom. The second-order valence-electron chi connectivity index (χ2n) is 3.49. The Labute approximate surface area is 79.6 Å². The predicted octanol–water partition coefficient (Wildman–Crippen LogP) is 1.15. The van der Waals surface area contributed by atoms with E-state index in [0.717, 1.165) is 0 Å². The lowest BCUT2D eigenvalue weighted by Gasteiger charge is -2.44. The molecule has 68 valence electrons. The smallest absolute Gasteiger partial charge is 0.311 e. The van der Waals surface area contributed by atoms with Crippen LogP contribution in [0.1, 0.15) is 13.8 Å². The standard InChI is InChI=1S/C8H11BrO3/c1-8(2)4(7(11)12-3)5(9)6(8)10/h4-5H,1-3H3/t4-,5-/m1/s1. The molecule has 12 heavy (non-hydrogen) atoms. The van der Waals surface area contributed by atoms with E-state index in [4.69, 9.17) is 0 Å². The molecule has 0 bridgehead atoms. The molecular formula is C8H11BrO3. The SMILES string of the molecule is COC(=O)[C@H]1[C@@H](Br)C(=O)C1(C)C. The maximum absolute atomic E-state index is 11.3. The summed E-state index contributed by atoms with van der Waals surface area (Å²) >= 11 is 3.16. The third-order valence-electron chi connectivity index (χ3n) is 2.41. The molecule has 0 amide bonds. The normalized spacial score (nSPS) is 32.5. The van der Waals surface area contributed by atoms with Crippen LogP contribution in [0.4, 0.5) is 0 Å². The fourth-order valence-electron chi connectivity index (χ4n) is 1.47. The lowest BCUT2D eigenvalue weighted by molar-refractivity contribution is -0.163. The number of methoxy groups -OCH3 is 1. The molecule has 3 nitrogen and oxygen atoms in total. The minimum atomic E-state index is -0.568. The highest BCUT2D eigenvalue weighted by molar-refractivity contribution is 9.10. The van der Waals surface area contributed by atoms with Crippen molar-refractivity contribution in [1.29, 1.82) is 0 Å². The molecule has 1 saturated carbocycles. The number of ketones is 1. The third-order valence-corrected chi connectivity index (χ3v) is 3.36. The number of alkyl halides is 1. The van der Waals surface area contributed by atoms with Crippen molar-refractivity contribution in [3.8, 4) is 0 Å². The van der Waals surface area contributed by atoms with E-state index in [1.807, 2.05) is 0 Å². The lowest BCUT2D eigenvalue weighted by atomic mass is 9.61. The van der Waals surface area contributed by atoms with Crippen molar-refractivity contribution in [2.45, 2.75) is 18.7 Å². The maximum Gasteiger partial charge on any atom is 0.311 e. The minimum Gasteiger partial charge on any atom is -0.469 e. The first-order valence-corrected chi connectivity index (χ1v) is 4.60. The summed E-state index contributed by atoms with van der Waals surface area (Å²) in [4.78, 5) is 22.1. The van der Waals surface area contributed by atoms with E-state index >= 15 is 0 Å². The van der Waals surface area contributed by atoms with Crippen molar-refractivity contribution in [2.75, 3.05) is 7.11 Å². The molecule has 0 aromatic carbocycles. The molecule has 1 rings (SSSR count). The van der Waals surface area contributed by atoms with Gasteiger partial charge in [0.1, 0.15) is 0 Å². The Hall–Kier alpha value is -0.380. The molecule has 1 fully saturated rings. The van der Waals surface area contributed by atoms with E-state index in [-0.39, 0.29) is 22.5 Å². The van der Waals surface area contributed by atoms with Gasteiger partial charge in [-0.2, -0.15) is 0 Å². The van der Waals surface area contributed by atoms with Gasteiger partial charge in [-0.1, -0.05) is 29.8 Å². The number of esters is 1. The Kier molecular flexibility index (Phi) is 2.29. The monoisotopic (exact) mass is 234 g/mol. The number of halogens is 1. The van der Waals surface area contributed by atoms with Gasteiger partial charge < -0.3 is 4.74 Å². The zero-order valence-electron chi connectivity index (χ0n) is 7.26. The Balaban J connectivity index is 2.81. The van der Waals surface area contributed by atoms with Gasteiger partial charge in [0, 0.05) is 5.41 Å². The van der Waals surface area contributed by atoms with Crippen molar-refractivity contribution in [1.82, 2.24) is 0 Å². The van der Waals surface area contributed by atoms with Gasteiger partial charge in [0.15, 0.2) is 5.78 Å². The molecule has 0 N–H and O–H groups in total. The molecule has 0 spiro atoms. The highest BCUT2D eigenvalue weighted by Gasteiger charge is 2.59. The quantitative estimate of drug-likeness (QED) is 0.505. The van der Waals surface area contributed by atoms with Gasteiger partial charge in [-0.05, 0) is 0 Å². The molecule has 0 aromatic rings. The summed E-state index contributed by atoms with van der Waals surface area (Å²) in [5, 5.41) is 0. The van der Waals surface area contributed by atoms with Gasteiger partial charge in [-0.25, -0.2) is 0 Å². The van der Waals surface area contributed by atoms with Gasteiger partial charge in [0.25, 0.3) is 0 Å². The number of hydrogen-bond acceptors (Lipinski definition) is 3. The molecule has 0 heterocycles. The summed E-state index contributed by atoms with van der Waals surface area (Å²) in [7, 11) is 1.33. The van der Waals surface area contributed by atoms with Crippen LogP contribution in [-0.4, -0.2) is 23.7 Å². The third kappa shape index (κ3) is 1.09. The number of ether oxygens (including phenoxy) is 1. The minimum absolute atomic E-state index is 0.0675. The van der Waals surface area contributed by atoms with Crippen molar-refractivity contribution < 1.29 is 14.3 Å². The van der Waals surface area contributed by atoms with Crippen LogP contribution in [-0.2, 0) is 14.3 Å². The average Bonchev–Trinajstić information content (AvgIpc) is 2.03. The summed E-state index contributed by atoms with van der Waals surface area (Å²) < 4.78 is 4.59. The first-order chi connectivity index (χ1) is 5.42. The predicted molar refractivity (Wildman–Crippen MR) is 47.0 cm³/mol. The number of carbonyl (C=O) groups is 2. The van der Waals surface area contributed by atoms with Crippen LogP contribution in [0.25, 0.3) is 0 Å². The number of carbonyl (C=O) groups excluding carboxylic acids is 2.